The van der Waals surface area contributed by atoms with Crippen molar-refractivity contribution in [3.8, 4) is 0 Å². The third-order valence-electron chi connectivity index (χ3n) is 4.29. The lowest BCUT2D eigenvalue weighted by molar-refractivity contribution is -0.320. The van der Waals surface area contributed by atoms with Crippen molar-refractivity contribution in [1.82, 2.24) is 0 Å². The highest BCUT2D eigenvalue weighted by Gasteiger charge is 2.53. The topological polar surface area (TPSA) is 80.3 Å². The number of benzene rings is 1. The van der Waals surface area contributed by atoms with Gasteiger partial charge in [0.2, 0.25) is 0 Å². The van der Waals surface area contributed by atoms with Gasteiger partial charge in [-0.2, -0.15) is 0 Å². The number of hydrogen-bond donors (Lipinski definition) is 0. The Kier molecular flexibility index (Phi) is 6.75. The first-order valence-corrected chi connectivity index (χ1v) is 9.98. The van der Waals surface area contributed by atoms with E-state index in [1.807, 2.05) is 37.3 Å². The standard InChI is InChI=1S/C19H24O7S/c1-4-27-19-17(24-12(3)21)16(23-11(2)20)15-14(25-19)10-22-18(26-15)13-8-6-5-7-9-13/h5-9,14-19H,4,10H2,1-3H3/t14-,15-,16+,17-,18?,19+/m1/s1. The van der Waals surface area contributed by atoms with Crippen molar-refractivity contribution < 1.29 is 33.3 Å². The van der Waals surface area contributed by atoms with Crippen LogP contribution in [0.25, 0.3) is 0 Å². The molecule has 3 rings (SSSR count). The first kappa shape index (κ1) is 20.1. The van der Waals surface area contributed by atoms with Crippen molar-refractivity contribution >= 4 is 23.7 Å². The second-order valence-electron chi connectivity index (χ2n) is 6.32. The van der Waals surface area contributed by atoms with Crippen LogP contribution in [-0.2, 0) is 33.3 Å². The fraction of sp³-hybridized carbons (Fsp3) is 0.579. The maximum absolute atomic E-state index is 11.7. The third kappa shape index (κ3) is 4.82. The summed E-state index contributed by atoms with van der Waals surface area (Å²) in [7, 11) is 0. The van der Waals surface area contributed by atoms with Crippen LogP contribution in [-0.4, -0.2) is 54.2 Å². The second-order valence-corrected chi connectivity index (χ2v) is 7.70. The number of hydrogen-bond acceptors (Lipinski definition) is 8. The van der Waals surface area contributed by atoms with Crippen molar-refractivity contribution in [3.05, 3.63) is 35.9 Å². The van der Waals surface area contributed by atoms with Crippen LogP contribution in [0.2, 0.25) is 0 Å². The van der Waals surface area contributed by atoms with Crippen LogP contribution in [0.15, 0.2) is 30.3 Å². The molecule has 2 fully saturated rings. The first-order chi connectivity index (χ1) is 13.0. The Balaban J connectivity index is 1.86. The number of ether oxygens (including phenoxy) is 5. The normalized spacial score (nSPS) is 33.0. The summed E-state index contributed by atoms with van der Waals surface area (Å²) in [5, 5.41) is 0. The van der Waals surface area contributed by atoms with E-state index < -0.39 is 48.1 Å². The Hall–Kier alpha value is -1.61. The van der Waals surface area contributed by atoms with Gasteiger partial charge in [0.15, 0.2) is 18.5 Å². The molecule has 0 aromatic heterocycles. The lowest BCUT2D eigenvalue weighted by atomic mass is 9.98. The SMILES string of the molecule is CCS[C@@H]1O[C@@H]2COC(c3ccccc3)O[C@H]2[C@H](OC(C)=O)[C@H]1OC(C)=O. The highest BCUT2D eigenvalue weighted by Crippen LogP contribution is 2.39. The molecule has 7 nitrogen and oxygen atoms in total. The summed E-state index contributed by atoms with van der Waals surface area (Å²) in [6.07, 6.45) is -3.17. The molecule has 1 unspecified atom stereocenters. The quantitative estimate of drug-likeness (QED) is 0.702. The molecule has 1 aromatic rings. The molecular weight excluding hydrogens is 372 g/mol. The van der Waals surface area contributed by atoms with Gasteiger partial charge >= 0.3 is 11.9 Å². The fourth-order valence-corrected chi connectivity index (χ4v) is 4.22. The van der Waals surface area contributed by atoms with Gasteiger partial charge in [-0.15, -0.1) is 11.8 Å². The molecule has 0 bridgehead atoms. The van der Waals surface area contributed by atoms with Gasteiger partial charge in [0.1, 0.15) is 17.6 Å². The first-order valence-electron chi connectivity index (χ1n) is 8.93. The predicted molar refractivity (Wildman–Crippen MR) is 97.9 cm³/mol. The fourth-order valence-electron chi connectivity index (χ4n) is 3.27. The molecule has 2 aliphatic heterocycles. The summed E-state index contributed by atoms with van der Waals surface area (Å²) in [5.41, 5.74) is 0.386. The van der Waals surface area contributed by atoms with Gasteiger partial charge < -0.3 is 23.7 Å². The van der Waals surface area contributed by atoms with Crippen LogP contribution in [0.4, 0.5) is 0 Å². The summed E-state index contributed by atoms with van der Waals surface area (Å²) in [4.78, 5) is 23.4. The molecule has 2 aliphatic rings. The van der Waals surface area contributed by atoms with Crippen LogP contribution in [0, 0.1) is 0 Å². The van der Waals surface area contributed by atoms with Crippen molar-refractivity contribution in [2.45, 2.75) is 56.9 Å². The number of thioether (sulfide) groups is 1. The molecule has 6 atom stereocenters. The Morgan fingerprint density at radius 1 is 1.07 bits per heavy atom. The molecule has 1 aromatic carbocycles. The second kappa shape index (κ2) is 9.05. The van der Waals surface area contributed by atoms with Crippen molar-refractivity contribution in [2.24, 2.45) is 0 Å². The van der Waals surface area contributed by atoms with Crippen LogP contribution in [0.1, 0.15) is 32.6 Å². The number of rotatable bonds is 5. The molecule has 0 radical (unpaired) electrons. The van der Waals surface area contributed by atoms with Gasteiger partial charge in [0.05, 0.1) is 6.61 Å². The zero-order chi connectivity index (χ0) is 19.4. The van der Waals surface area contributed by atoms with E-state index >= 15 is 0 Å². The molecule has 0 saturated carbocycles. The minimum atomic E-state index is -0.774. The van der Waals surface area contributed by atoms with E-state index in [2.05, 4.69) is 0 Å². The largest absolute Gasteiger partial charge is 0.456 e. The van der Waals surface area contributed by atoms with Crippen LogP contribution in [0.5, 0.6) is 0 Å². The van der Waals surface area contributed by atoms with Gasteiger partial charge in [0, 0.05) is 19.4 Å². The summed E-state index contributed by atoms with van der Waals surface area (Å²) in [6.45, 7) is 4.91. The third-order valence-corrected chi connectivity index (χ3v) is 5.33. The number of carbonyl (C=O) groups excluding carboxylic acids is 2. The van der Waals surface area contributed by atoms with E-state index in [4.69, 9.17) is 23.7 Å². The highest BCUT2D eigenvalue weighted by molar-refractivity contribution is 7.99. The Morgan fingerprint density at radius 2 is 1.74 bits per heavy atom. The van der Waals surface area contributed by atoms with Crippen molar-refractivity contribution in [1.29, 1.82) is 0 Å². The lowest BCUT2D eigenvalue weighted by Crippen LogP contribution is -2.63. The molecule has 2 heterocycles. The molecule has 2 saturated heterocycles. The smallest absolute Gasteiger partial charge is 0.303 e. The molecule has 0 spiro atoms. The maximum atomic E-state index is 11.7. The number of fused-ring (bicyclic) bond motifs is 1. The van der Waals surface area contributed by atoms with E-state index in [1.54, 1.807) is 0 Å². The maximum Gasteiger partial charge on any atom is 0.303 e. The van der Waals surface area contributed by atoms with Gasteiger partial charge in [-0.25, -0.2) is 0 Å². The summed E-state index contributed by atoms with van der Waals surface area (Å²) in [6, 6.07) is 9.49. The molecular formula is C19H24O7S. The Labute approximate surface area is 162 Å². The van der Waals surface area contributed by atoms with Crippen LogP contribution >= 0.6 is 11.8 Å². The minimum absolute atomic E-state index is 0.287. The van der Waals surface area contributed by atoms with E-state index in [0.717, 1.165) is 11.3 Å². The lowest BCUT2D eigenvalue weighted by Gasteiger charge is -2.48. The Morgan fingerprint density at radius 3 is 2.37 bits per heavy atom. The summed E-state index contributed by atoms with van der Waals surface area (Å²) in [5.74, 6) is -0.182. The van der Waals surface area contributed by atoms with Gasteiger partial charge in [-0.3, -0.25) is 9.59 Å². The summed E-state index contributed by atoms with van der Waals surface area (Å²) >= 11 is 1.48. The molecule has 148 valence electrons. The number of esters is 2. The highest BCUT2D eigenvalue weighted by atomic mass is 32.2. The van der Waals surface area contributed by atoms with Crippen LogP contribution in [0.3, 0.4) is 0 Å². The zero-order valence-corrected chi connectivity index (χ0v) is 16.3. The molecule has 0 N–H and O–H groups in total. The van der Waals surface area contributed by atoms with Crippen molar-refractivity contribution in [3.63, 3.8) is 0 Å². The predicted octanol–water partition coefficient (Wildman–Crippen LogP) is 2.44. The van der Waals surface area contributed by atoms with Crippen LogP contribution < -0.4 is 0 Å². The van der Waals surface area contributed by atoms with E-state index in [1.165, 1.54) is 25.6 Å². The minimum Gasteiger partial charge on any atom is -0.456 e. The van der Waals surface area contributed by atoms with E-state index in [0.29, 0.717) is 0 Å². The summed E-state index contributed by atoms with van der Waals surface area (Å²) < 4.78 is 29.0. The van der Waals surface area contributed by atoms with Gasteiger partial charge in [0.25, 0.3) is 0 Å². The average molecular weight is 396 g/mol. The molecule has 0 amide bonds. The van der Waals surface area contributed by atoms with Gasteiger partial charge in [-0.1, -0.05) is 37.3 Å². The average Bonchev–Trinajstić information content (AvgIpc) is 2.64. The number of carbonyl (C=O) groups is 2. The van der Waals surface area contributed by atoms with E-state index in [-0.39, 0.29) is 6.61 Å². The van der Waals surface area contributed by atoms with E-state index in [9.17, 15) is 9.59 Å². The zero-order valence-electron chi connectivity index (χ0n) is 15.5. The Bertz CT molecular complexity index is 653. The van der Waals surface area contributed by atoms with Gasteiger partial charge in [-0.05, 0) is 5.75 Å². The molecule has 8 heteroatoms. The molecule has 27 heavy (non-hydrogen) atoms. The monoisotopic (exact) mass is 396 g/mol. The molecule has 0 aliphatic carbocycles. The van der Waals surface area contributed by atoms with Crippen molar-refractivity contribution in [2.75, 3.05) is 12.4 Å².